The Morgan fingerprint density at radius 1 is 0.824 bits per heavy atom. The van der Waals surface area contributed by atoms with Gasteiger partial charge in [-0.3, -0.25) is 0 Å². The Bertz CT molecular complexity index is 417. The lowest BCUT2D eigenvalue weighted by Crippen LogP contribution is -2.58. The van der Waals surface area contributed by atoms with E-state index in [1.54, 1.807) is 0 Å². The van der Waals surface area contributed by atoms with Crippen LogP contribution in [0.15, 0.2) is 60.7 Å². The highest BCUT2D eigenvalue weighted by Crippen LogP contribution is 2.06. The van der Waals surface area contributed by atoms with Crippen molar-refractivity contribution in [3.05, 3.63) is 60.7 Å². The molecule has 0 heterocycles. The molecule has 0 fully saturated rings. The summed E-state index contributed by atoms with van der Waals surface area (Å²) in [7, 11) is -2.36. The average Bonchev–Trinajstić information content (AvgIpc) is 2.41. The second-order valence-electron chi connectivity index (χ2n) is 4.20. The molecule has 0 aliphatic carbocycles. The topological polar surface area (TPSA) is 9.23 Å². The second kappa shape index (κ2) is 5.44. The van der Waals surface area contributed by atoms with Crippen molar-refractivity contribution in [3.63, 3.8) is 0 Å². The molecule has 88 valence electrons. The Hall–Kier alpha value is -1.17. The van der Waals surface area contributed by atoms with E-state index in [1.807, 2.05) is 0 Å². The van der Waals surface area contributed by atoms with E-state index in [0.717, 1.165) is 0 Å². The zero-order valence-corrected chi connectivity index (χ0v) is 12.8. The maximum Gasteiger partial charge on any atom is 0.241 e. The summed E-state index contributed by atoms with van der Waals surface area (Å²) in [5.74, 6) is 0. The van der Waals surface area contributed by atoms with Gasteiger partial charge in [0.05, 0.1) is 0 Å². The zero-order chi connectivity index (χ0) is 12.1. The van der Waals surface area contributed by atoms with Gasteiger partial charge in [0.1, 0.15) is 9.76 Å². The Kier molecular flexibility index (Phi) is 3.94. The minimum absolute atomic E-state index is 0.416. The third-order valence-corrected chi connectivity index (χ3v) is 9.42. The Labute approximate surface area is 107 Å². The van der Waals surface area contributed by atoms with Crippen molar-refractivity contribution in [2.24, 2.45) is 0 Å². The smallest absolute Gasteiger partial charge is 0.241 e. The van der Waals surface area contributed by atoms with Gasteiger partial charge in [0.2, 0.25) is 8.32 Å². The first-order valence-corrected chi connectivity index (χ1v) is 10.4. The Morgan fingerprint density at radius 2 is 1.24 bits per heavy atom. The lowest BCUT2D eigenvalue weighted by Gasteiger charge is -2.28. The van der Waals surface area contributed by atoms with Crippen molar-refractivity contribution in [1.29, 1.82) is 0 Å². The standard InChI is InChI=1S/C14H18OSi2/c1-16-15-17(2,13-9-5-3-6-10-13)14-11-7-4-8-12-14/h3-12H,16H2,1-2H3. The third kappa shape index (κ3) is 2.57. The molecule has 0 aromatic heterocycles. The number of hydrogen-bond donors (Lipinski definition) is 0. The monoisotopic (exact) mass is 258 g/mol. The fraction of sp³-hybridized carbons (Fsp3) is 0.143. The summed E-state index contributed by atoms with van der Waals surface area (Å²) in [4.78, 5) is 0. The van der Waals surface area contributed by atoms with E-state index in [1.165, 1.54) is 10.4 Å². The van der Waals surface area contributed by atoms with Crippen molar-refractivity contribution in [2.75, 3.05) is 0 Å². The van der Waals surface area contributed by atoms with Crippen molar-refractivity contribution in [2.45, 2.75) is 13.1 Å². The first-order chi connectivity index (χ1) is 8.27. The molecule has 0 bridgehead atoms. The molecule has 0 aliphatic rings. The molecular weight excluding hydrogens is 240 g/mol. The summed E-state index contributed by atoms with van der Waals surface area (Å²) in [6.45, 7) is 4.51. The molecule has 0 N–H and O–H groups in total. The lowest BCUT2D eigenvalue weighted by molar-refractivity contribution is 0.618. The van der Waals surface area contributed by atoms with Gasteiger partial charge >= 0.3 is 0 Å². The van der Waals surface area contributed by atoms with E-state index in [2.05, 4.69) is 73.8 Å². The van der Waals surface area contributed by atoms with Gasteiger partial charge in [-0.15, -0.1) is 0 Å². The van der Waals surface area contributed by atoms with Crippen LogP contribution in [-0.2, 0) is 4.12 Å². The molecule has 1 nitrogen and oxygen atoms in total. The quantitative estimate of drug-likeness (QED) is 0.756. The van der Waals surface area contributed by atoms with Gasteiger partial charge in [-0.05, 0) is 16.9 Å². The number of benzene rings is 2. The van der Waals surface area contributed by atoms with Gasteiger partial charge in [0.15, 0.2) is 0 Å². The molecule has 0 saturated heterocycles. The van der Waals surface area contributed by atoms with Crippen LogP contribution in [0.1, 0.15) is 0 Å². The average molecular weight is 258 g/mol. The summed E-state index contributed by atoms with van der Waals surface area (Å²) in [5.41, 5.74) is 0. The van der Waals surface area contributed by atoms with E-state index < -0.39 is 18.1 Å². The van der Waals surface area contributed by atoms with Gasteiger partial charge in [0, 0.05) is 0 Å². The number of hydrogen-bond acceptors (Lipinski definition) is 1. The predicted molar refractivity (Wildman–Crippen MR) is 79.3 cm³/mol. The zero-order valence-electron chi connectivity index (χ0n) is 10.4. The van der Waals surface area contributed by atoms with Crippen LogP contribution in [0.2, 0.25) is 13.1 Å². The maximum absolute atomic E-state index is 6.28. The molecule has 0 spiro atoms. The van der Waals surface area contributed by atoms with E-state index >= 15 is 0 Å². The molecule has 2 aromatic rings. The van der Waals surface area contributed by atoms with E-state index in [4.69, 9.17) is 4.12 Å². The van der Waals surface area contributed by atoms with Gasteiger partial charge in [0.25, 0.3) is 0 Å². The first-order valence-electron chi connectivity index (χ1n) is 6.02. The fourth-order valence-electron chi connectivity index (χ4n) is 2.13. The minimum atomic E-state index is -1.94. The van der Waals surface area contributed by atoms with Crippen LogP contribution in [0.4, 0.5) is 0 Å². The predicted octanol–water partition coefficient (Wildman–Crippen LogP) is 1.52. The van der Waals surface area contributed by atoms with Gasteiger partial charge in [-0.25, -0.2) is 0 Å². The van der Waals surface area contributed by atoms with Crippen LogP contribution in [0.3, 0.4) is 0 Å². The molecular formula is C14H18OSi2. The molecule has 17 heavy (non-hydrogen) atoms. The minimum Gasteiger partial charge on any atom is -0.455 e. The molecule has 0 radical (unpaired) electrons. The molecule has 0 saturated carbocycles. The summed E-state index contributed by atoms with van der Waals surface area (Å²) in [6, 6.07) is 21.3. The molecule has 0 atom stereocenters. The fourth-order valence-corrected chi connectivity index (χ4v) is 7.77. The van der Waals surface area contributed by atoms with Crippen molar-refractivity contribution >= 4 is 28.5 Å². The molecule has 2 rings (SSSR count). The molecule has 0 amide bonds. The van der Waals surface area contributed by atoms with Crippen LogP contribution in [0.25, 0.3) is 0 Å². The molecule has 2 aromatic carbocycles. The van der Waals surface area contributed by atoms with Crippen molar-refractivity contribution < 1.29 is 4.12 Å². The van der Waals surface area contributed by atoms with Gasteiger partial charge < -0.3 is 4.12 Å². The van der Waals surface area contributed by atoms with Crippen LogP contribution in [0, 0.1) is 0 Å². The maximum atomic E-state index is 6.28. The highest BCUT2D eigenvalue weighted by Gasteiger charge is 2.32. The van der Waals surface area contributed by atoms with Crippen molar-refractivity contribution in [1.82, 2.24) is 0 Å². The van der Waals surface area contributed by atoms with Crippen LogP contribution in [0.5, 0.6) is 0 Å². The summed E-state index contributed by atoms with van der Waals surface area (Å²) in [5, 5.41) is 2.72. The van der Waals surface area contributed by atoms with E-state index in [9.17, 15) is 0 Å². The first kappa shape index (κ1) is 12.3. The SMILES string of the molecule is C[SiH2]O[Si](C)(c1ccccc1)c1ccccc1. The Balaban J connectivity index is 2.47. The van der Waals surface area contributed by atoms with Gasteiger partial charge in [-0.1, -0.05) is 67.2 Å². The highest BCUT2D eigenvalue weighted by molar-refractivity contribution is 6.98. The largest absolute Gasteiger partial charge is 0.455 e. The van der Waals surface area contributed by atoms with E-state index in [0.29, 0.717) is 0 Å². The van der Waals surface area contributed by atoms with Gasteiger partial charge in [-0.2, -0.15) is 0 Å². The summed E-state index contributed by atoms with van der Waals surface area (Å²) < 4.78 is 6.28. The second-order valence-corrected chi connectivity index (χ2v) is 9.15. The lowest BCUT2D eigenvalue weighted by atomic mass is 10.4. The highest BCUT2D eigenvalue weighted by atomic mass is 28.4. The Morgan fingerprint density at radius 3 is 1.59 bits per heavy atom. The van der Waals surface area contributed by atoms with Crippen LogP contribution >= 0.6 is 0 Å². The molecule has 3 heteroatoms. The number of rotatable bonds is 4. The van der Waals surface area contributed by atoms with Crippen LogP contribution in [-0.4, -0.2) is 18.1 Å². The molecule has 0 unspecified atom stereocenters. The third-order valence-electron chi connectivity index (χ3n) is 3.08. The molecule has 0 aliphatic heterocycles. The van der Waals surface area contributed by atoms with Crippen molar-refractivity contribution in [3.8, 4) is 0 Å². The summed E-state index contributed by atoms with van der Waals surface area (Å²) in [6.07, 6.45) is 0. The van der Waals surface area contributed by atoms with E-state index in [-0.39, 0.29) is 0 Å². The van der Waals surface area contributed by atoms with Crippen LogP contribution < -0.4 is 10.4 Å². The normalized spacial score (nSPS) is 12.1. The summed E-state index contributed by atoms with van der Waals surface area (Å²) >= 11 is 0.